The molecule has 0 bridgehead atoms. The molecule has 0 spiro atoms. The number of nitrogens with zero attached hydrogens (tertiary/aromatic N) is 7. The van der Waals surface area contributed by atoms with Crippen LogP contribution in [0, 0.1) is 0 Å². The zero-order valence-corrected chi connectivity index (χ0v) is 15.1. The Kier molecular flexibility index (Phi) is 3.99. The molecule has 3 aromatic heterocycles. The van der Waals surface area contributed by atoms with E-state index in [0.29, 0.717) is 24.7 Å². The van der Waals surface area contributed by atoms with Crippen molar-refractivity contribution in [2.75, 3.05) is 31.1 Å². The van der Waals surface area contributed by atoms with Crippen LogP contribution < -0.4 is 4.90 Å². The van der Waals surface area contributed by atoms with Crippen LogP contribution in [0.25, 0.3) is 11.2 Å². The Morgan fingerprint density at radius 3 is 2.63 bits per heavy atom. The van der Waals surface area contributed by atoms with Gasteiger partial charge in [0.2, 0.25) is 5.95 Å². The first-order chi connectivity index (χ1) is 13.3. The van der Waals surface area contributed by atoms with E-state index in [0.717, 1.165) is 30.2 Å². The number of imidazole rings is 1. The van der Waals surface area contributed by atoms with E-state index in [4.69, 9.17) is 0 Å². The fraction of sp³-hybridized carbons (Fsp3) is 0.500. The Bertz CT molecular complexity index is 936. The highest BCUT2D eigenvalue weighted by Crippen LogP contribution is 2.31. The topological polar surface area (TPSA) is 95.8 Å². The maximum absolute atomic E-state index is 12.9. The zero-order chi connectivity index (χ0) is 18.2. The number of nitrogens with one attached hydrogen (secondary N) is 1. The van der Waals surface area contributed by atoms with Crippen molar-refractivity contribution in [2.24, 2.45) is 0 Å². The standard InChI is InChI=1S/C18H22N8O/c27-17(24-5-7-25(8-6-24)18-20-11-22-23-18)13-9-15-16(19-10-13)26(12-21-15)14-3-1-2-4-14/h9-12,14H,1-8H2,(H,20,22,23). The lowest BCUT2D eigenvalue weighted by atomic mass is 10.2. The van der Waals surface area contributed by atoms with E-state index in [1.807, 2.05) is 17.3 Å². The summed E-state index contributed by atoms with van der Waals surface area (Å²) in [4.78, 5) is 30.1. The Hall–Kier alpha value is -2.97. The smallest absolute Gasteiger partial charge is 0.255 e. The normalized spacial score (nSPS) is 18.5. The fourth-order valence-electron chi connectivity index (χ4n) is 4.14. The maximum atomic E-state index is 12.9. The van der Waals surface area contributed by atoms with Gasteiger partial charge in [0.15, 0.2) is 5.65 Å². The first kappa shape index (κ1) is 16.2. The minimum absolute atomic E-state index is 0.0111. The number of fused-ring (bicyclic) bond motifs is 1. The van der Waals surface area contributed by atoms with Crippen LogP contribution >= 0.6 is 0 Å². The number of hydrogen-bond acceptors (Lipinski definition) is 6. The third-order valence-corrected chi connectivity index (χ3v) is 5.65. The molecule has 1 saturated heterocycles. The molecule has 0 aromatic carbocycles. The number of pyridine rings is 1. The molecule has 9 nitrogen and oxygen atoms in total. The van der Waals surface area contributed by atoms with Crippen LogP contribution in [-0.2, 0) is 0 Å². The second kappa shape index (κ2) is 6.64. The number of H-pyrrole nitrogens is 1. The van der Waals surface area contributed by atoms with Crippen LogP contribution in [0.4, 0.5) is 5.95 Å². The van der Waals surface area contributed by atoms with Gasteiger partial charge in [-0.2, -0.15) is 10.1 Å². The van der Waals surface area contributed by atoms with Crippen molar-refractivity contribution in [1.82, 2.24) is 34.6 Å². The van der Waals surface area contributed by atoms with Crippen LogP contribution in [0.1, 0.15) is 42.1 Å². The predicted molar refractivity (Wildman–Crippen MR) is 99.5 cm³/mol. The number of carbonyl (C=O) groups excluding carboxylic acids is 1. The Labute approximate surface area is 156 Å². The third-order valence-electron chi connectivity index (χ3n) is 5.65. The molecule has 3 aromatic rings. The van der Waals surface area contributed by atoms with E-state index >= 15 is 0 Å². The average Bonchev–Trinajstić information content (AvgIpc) is 3.48. The van der Waals surface area contributed by atoms with Gasteiger partial charge in [0, 0.05) is 38.4 Å². The minimum Gasteiger partial charge on any atom is -0.338 e. The van der Waals surface area contributed by atoms with Gasteiger partial charge < -0.3 is 14.4 Å². The first-order valence-electron chi connectivity index (χ1n) is 9.52. The number of anilines is 1. The molecule has 1 aliphatic carbocycles. The summed E-state index contributed by atoms with van der Waals surface area (Å²) in [6.45, 7) is 2.75. The lowest BCUT2D eigenvalue weighted by Gasteiger charge is -2.34. The van der Waals surface area contributed by atoms with E-state index in [1.165, 1.54) is 32.0 Å². The van der Waals surface area contributed by atoms with Crippen LogP contribution in [0.5, 0.6) is 0 Å². The van der Waals surface area contributed by atoms with E-state index in [2.05, 4.69) is 34.6 Å². The van der Waals surface area contributed by atoms with Gasteiger partial charge in [-0.05, 0) is 18.9 Å². The first-order valence-corrected chi connectivity index (χ1v) is 9.52. The van der Waals surface area contributed by atoms with Crippen molar-refractivity contribution in [1.29, 1.82) is 0 Å². The van der Waals surface area contributed by atoms with Crippen molar-refractivity contribution in [3.8, 4) is 0 Å². The quantitative estimate of drug-likeness (QED) is 0.757. The SMILES string of the molecule is O=C(c1cnc2c(c1)ncn2C1CCCC1)N1CCN(c2ncn[nH]2)CC1. The Morgan fingerprint density at radius 1 is 1.07 bits per heavy atom. The molecule has 140 valence electrons. The summed E-state index contributed by atoms with van der Waals surface area (Å²) in [6.07, 6.45) is 9.96. The van der Waals surface area contributed by atoms with Gasteiger partial charge in [0.05, 0.1) is 11.9 Å². The summed E-state index contributed by atoms with van der Waals surface area (Å²) >= 11 is 0. The van der Waals surface area contributed by atoms with Gasteiger partial charge >= 0.3 is 0 Å². The molecule has 0 unspecified atom stereocenters. The average molecular weight is 366 g/mol. The van der Waals surface area contributed by atoms with E-state index in [-0.39, 0.29) is 5.91 Å². The monoisotopic (exact) mass is 366 g/mol. The highest BCUT2D eigenvalue weighted by atomic mass is 16.2. The number of hydrogen-bond donors (Lipinski definition) is 1. The maximum Gasteiger partial charge on any atom is 0.255 e. The van der Waals surface area contributed by atoms with Crippen LogP contribution in [0.15, 0.2) is 24.9 Å². The molecule has 1 saturated carbocycles. The largest absolute Gasteiger partial charge is 0.338 e. The number of amides is 1. The van der Waals surface area contributed by atoms with Crippen LogP contribution in [0.3, 0.4) is 0 Å². The van der Waals surface area contributed by atoms with Crippen LogP contribution in [-0.4, -0.2) is 66.7 Å². The van der Waals surface area contributed by atoms with E-state index < -0.39 is 0 Å². The second-order valence-electron chi connectivity index (χ2n) is 7.25. The lowest BCUT2D eigenvalue weighted by molar-refractivity contribution is 0.0746. The van der Waals surface area contributed by atoms with Gasteiger partial charge in [-0.25, -0.2) is 15.1 Å². The molecule has 4 heterocycles. The molecule has 2 fully saturated rings. The summed E-state index contributed by atoms with van der Waals surface area (Å²) in [5.74, 6) is 0.764. The third kappa shape index (κ3) is 2.92. The summed E-state index contributed by atoms with van der Waals surface area (Å²) in [5, 5.41) is 6.75. The number of carbonyl (C=O) groups is 1. The van der Waals surface area contributed by atoms with Crippen molar-refractivity contribution < 1.29 is 4.79 Å². The minimum atomic E-state index is 0.0111. The van der Waals surface area contributed by atoms with Gasteiger partial charge in [-0.15, -0.1) is 0 Å². The van der Waals surface area contributed by atoms with Gasteiger partial charge in [-0.3, -0.25) is 4.79 Å². The van der Waals surface area contributed by atoms with Gasteiger partial charge in [0.1, 0.15) is 11.8 Å². The van der Waals surface area contributed by atoms with Crippen molar-refractivity contribution >= 4 is 23.0 Å². The number of aromatic amines is 1. The molecule has 1 N–H and O–H groups in total. The summed E-state index contributed by atoms with van der Waals surface area (Å²) in [5.41, 5.74) is 2.29. The Morgan fingerprint density at radius 2 is 1.89 bits per heavy atom. The van der Waals surface area contributed by atoms with Gasteiger partial charge in [-0.1, -0.05) is 12.8 Å². The van der Waals surface area contributed by atoms with Crippen molar-refractivity contribution in [3.63, 3.8) is 0 Å². The number of aromatic nitrogens is 6. The molecule has 5 rings (SSSR count). The highest BCUT2D eigenvalue weighted by molar-refractivity contribution is 5.96. The predicted octanol–water partition coefficient (Wildman–Crippen LogP) is 1.63. The van der Waals surface area contributed by atoms with Crippen molar-refractivity contribution in [3.05, 3.63) is 30.5 Å². The number of rotatable bonds is 3. The molecule has 1 aliphatic heterocycles. The van der Waals surface area contributed by atoms with Crippen molar-refractivity contribution in [2.45, 2.75) is 31.7 Å². The number of piperazine rings is 1. The summed E-state index contributed by atoms with van der Waals surface area (Å²) in [7, 11) is 0. The molecular formula is C18H22N8O. The molecule has 27 heavy (non-hydrogen) atoms. The molecule has 1 amide bonds. The van der Waals surface area contributed by atoms with Crippen LogP contribution in [0.2, 0.25) is 0 Å². The van der Waals surface area contributed by atoms with E-state index in [1.54, 1.807) is 6.20 Å². The Balaban J connectivity index is 1.31. The fourth-order valence-corrected chi connectivity index (χ4v) is 4.14. The second-order valence-corrected chi connectivity index (χ2v) is 7.25. The lowest BCUT2D eigenvalue weighted by Crippen LogP contribution is -2.49. The summed E-state index contributed by atoms with van der Waals surface area (Å²) in [6, 6.07) is 2.37. The molecule has 0 atom stereocenters. The summed E-state index contributed by atoms with van der Waals surface area (Å²) < 4.78 is 2.17. The zero-order valence-electron chi connectivity index (χ0n) is 15.1. The van der Waals surface area contributed by atoms with Gasteiger partial charge in [0.25, 0.3) is 5.91 Å². The molecule has 2 aliphatic rings. The molecular weight excluding hydrogens is 344 g/mol. The molecule has 9 heteroatoms. The van der Waals surface area contributed by atoms with E-state index in [9.17, 15) is 4.79 Å². The highest BCUT2D eigenvalue weighted by Gasteiger charge is 2.25. The molecule has 0 radical (unpaired) electrons.